The zero-order chi connectivity index (χ0) is 32.6. The van der Waals surface area contributed by atoms with Gasteiger partial charge in [0.2, 0.25) is 0 Å². The van der Waals surface area contributed by atoms with Crippen LogP contribution in [0.3, 0.4) is 0 Å². The smallest absolute Gasteiger partial charge is 0.331 e. The SMILES string of the molecule is COC(=O)COCCOCCOCCOCCOCCOCCOCCOCCOCCOCCOCCOCCOCCF. The molecule has 0 spiro atoms. The molecule has 0 aromatic carbocycles. The average molecular weight is 665 g/mol. The van der Waals surface area contributed by atoms with Gasteiger partial charge in [0.15, 0.2) is 0 Å². The van der Waals surface area contributed by atoms with Crippen LogP contribution < -0.4 is 0 Å². The highest BCUT2D eigenvalue weighted by Crippen LogP contribution is 1.88. The Morgan fingerprint density at radius 1 is 0.333 bits per heavy atom. The van der Waals surface area contributed by atoms with Crippen molar-refractivity contribution in [2.75, 3.05) is 186 Å². The molecule has 0 radical (unpaired) electrons. The van der Waals surface area contributed by atoms with Gasteiger partial charge < -0.3 is 66.3 Å². The van der Waals surface area contributed by atoms with Gasteiger partial charge in [-0.2, -0.15) is 0 Å². The van der Waals surface area contributed by atoms with E-state index in [1.54, 1.807) is 0 Å². The topological polar surface area (TPSA) is 146 Å². The number of ether oxygens (including phenoxy) is 14. The minimum Gasteiger partial charge on any atom is -0.467 e. The monoisotopic (exact) mass is 664 g/mol. The highest BCUT2D eigenvalue weighted by atomic mass is 19.1. The van der Waals surface area contributed by atoms with Crippen LogP contribution in [0.5, 0.6) is 0 Å². The van der Waals surface area contributed by atoms with Crippen molar-refractivity contribution in [3.63, 3.8) is 0 Å². The highest BCUT2D eigenvalue weighted by molar-refractivity contribution is 5.70. The van der Waals surface area contributed by atoms with Crippen molar-refractivity contribution in [3.8, 4) is 0 Å². The Morgan fingerprint density at radius 2 is 0.511 bits per heavy atom. The molecular weight excluding hydrogens is 607 g/mol. The second-order valence-electron chi connectivity index (χ2n) is 8.67. The lowest BCUT2D eigenvalue weighted by Gasteiger charge is -2.09. The van der Waals surface area contributed by atoms with Gasteiger partial charge in [0.25, 0.3) is 0 Å². The van der Waals surface area contributed by atoms with Crippen molar-refractivity contribution < 1.29 is 75.5 Å². The fourth-order valence-electron chi connectivity index (χ4n) is 2.91. The van der Waals surface area contributed by atoms with E-state index in [9.17, 15) is 9.18 Å². The van der Waals surface area contributed by atoms with Crippen LogP contribution >= 0.6 is 0 Å². The Kier molecular flexibility index (Phi) is 39.9. The largest absolute Gasteiger partial charge is 0.467 e. The van der Waals surface area contributed by atoms with Crippen LogP contribution in [0.25, 0.3) is 0 Å². The standard InChI is InChI=1S/C29H57FO15/c1-32-29(31)28-45-27-26-44-25-24-43-23-22-42-21-20-41-19-18-40-17-16-39-15-14-38-13-12-37-11-10-36-9-8-35-7-6-34-5-4-33-3-2-30/h2-28H2,1H3. The molecule has 0 saturated heterocycles. The molecular formula is C29H57FO15. The number of carbonyl (C=O) groups excluding carboxylic acids is 1. The summed E-state index contributed by atoms with van der Waals surface area (Å²) < 4.78 is 85.7. The molecule has 0 heterocycles. The number of rotatable bonds is 40. The maximum atomic E-state index is 11.8. The first-order valence-electron chi connectivity index (χ1n) is 15.4. The van der Waals surface area contributed by atoms with Crippen molar-refractivity contribution >= 4 is 5.97 Å². The number of carbonyl (C=O) groups is 1. The van der Waals surface area contributed by atoms with Gasteiger partial charge in [-0.05, 0) is 0 Å². The van der Waals surface area contributed by atoms with Crippen LogP contribution in [0.1, 0.15) is 0 Å². The predicted molar refractivity (Wildman–Crippen MR) is 159 cm³/mol. The molecule has 0 aliphatic heterocycles. The molecule has 0 N–H and O–H groups in total. The van der Waals surface area contributed by atoms with Crippen LogP contribution in [0.2, 0.25) is 0 Å². The fraction of sp³-hybridized carbons (Fsp3) is 0.966. The molecule has 0 saturated carbocycles. The molecule has 16 heteroatoms. The van der Waals surface area contributed by atoms with E-state index in [0.29, 0.717) is 159 Å². The van der Waals surface area contributed by atoms with Crippen LogP contribution in [-0.4, -0.2) is 192 Å². The fourth-order valence-corrected chi connectivity index (χ4v) is 2.91. The molecule has 0 rings (SSSR count). The molecule has 0 atom stereocenters. The first kappa shape index (κ1) is 43.9. The summed E-state index contributed by atoms with van der Waals surface area (Å²) in [7, 11) is 1.31. The number of hydrogen-bond donors (Lipinski definition) is 0. The van der Waals surface area contributed by atoms with Crippen molar-refractivity contribution in [1.29, 1.82) is 0 Å². The van der Waals surface area contributed by atoms with Crippen molar-refractivity contribution in [2.24, 2.45) is 0 Å². The van der Waals surface area contributed by atoms with E-state index in [2.05, 4.69) is 4.74 Å². The summed E-state index contributed by atoms with van der Waals surface area (Å²) in [4.78, 5) is 10.8. The van der Waals surface area contributed by atoms with Gasteiger partial charge in [0.05, 0.1) is 172 Å². The Balaban J connectivity index is 3.05. The van der Waals surface area contributed by atoms with Crippen molar-refractivity contribution in [2.45, 2.75) is 0 Å². The maximum Gasteiger partial charge on any atom is 0.331 e. The van der Waals surface area contributed by atoms with Crippen LogP contribution in [-0.2, 0) is 71.1 Å². The third-order valence-corrected chi connectivity index (χ3v) is 5.13. The summed E-state index contributed by atoms with van der Waals surface area (Å²) in [5.41, 5.74) is 0. The first-order valence-corrected chi connectivity index (χ1v) is 15.4. The zero-order valence-electron chi connectivity index (χ0n) is 27.1. The minimum absolute atomic E-state index is 0.0741. The van der Waals surface area contributed by atoms with Crippen molar-refractivity contribution in [1.82, 2.24) is 0 Å². The summed E-state index contributed by atoms with van der Waals surface area (Å²) >= 11 is 0. The molecule has 270 valence electrons. The third-order valence-electron chi connectivity index (χ3n) is 5.13. The minimum atomic E-state index is -0.479. The number of esters is 1. The quantitative estimate of drug-likeness (QED) is 0.0655. The molecule has 15 nitrogen and oxygen atoms in total. The lowest BCUT2D eigenvalue weighted by atomic mass is 10.6. The molecule has 0 aliphatic rings. The van der Waals surface area contributed by atoms with Crippen LogP contribution in [0.15, 0.2) is 0 Å². The molecule has 0 amide bonds. The Bertz CT molecular complexity index is 566. The van der Waals surface area contributed by atoms with Gasteiger partial charge in [-0.3, -0.25) is 0 Å². The number of alkyl halides is 1. The van der Waals surface area contributed by atoms with E-state index < -0.39 is 12.6 Å². The summed E-state index contributed by atoms with van der Waals surface area (Å²) in [5, 5.41) is 0. The summed E-state index contributed by atoms with van der Waals surface area (Å²) in [6.07, 6.45) is 0. The zero-order valence-corrected chi connectivity index (χ0v) is 27.1. The second-order valence-corrected chi connectivity index (χ2v) is 8.67. The van der Waals surface area contributed by atoms with Crippen LogP contribution in [0.4, 0.5) is 4.39 Å². The van der Waals surface area contributed by atoms with Gasteiger partial charge in [-0.1, -0.05) is 0 Å². The summed E-state index contributed by atoms with van der Waals surface area (Å²) in [6.45, 7) is 10.7. The van der Waals surface area contributed by atoms with E-state index >= 15 is 0 Å². The van der Waals surface area contributed by atoms with Crippen LogP contribution in [0, 0.1) is 0 Å². The summed E-state index contributed by atoms with van der Waals surface area (Å²) in [6, 6.07) is 0. The molecule has 0 fully saturated rings. The number of methoxy groups -OCH3 is 1. The highest BCUT2D eigenvalue weighted by Gasteiger charge is 1.99. The first-order chi connectivity index (χ1) is 22.3. The molecule has 0 unspecified atom stereocenters. The predicted octanol–water partition coefficient (Wildman–Crippen LogP) is 0.345. The van der Waals surface area contributed by atoms with Gasteiger partial charge in [-0.25, -0.2) is 9.18 Å². The van der Waals surface area contributed by atoms with Crippen molar-refractivity contribution in [3.05, 3.63) is 0 Å². The second kappa shape index (κ2) is 40.9. The maximum absolute atomic E-state index is 11.8. The van der Waals surface area contributed by atoms with Gasteiger partial charge >= 0.3 is 5.97 Å². The van der Waals surface area contributed by atoms with E-state index in [4.69, 9.17) is 61.6 Å². The molecule has 0 aromatic rings. The van der Waals surface area contributed by atoms with E-state index in [1.807, 2.05) is 0 Å². The Morgan fingerprint density at radius 3 is 0.689 bits per heavy atom. The number of halogens is 1. The van der Waals surface area contributed by atoms with Gasteiger partial charge in [0.1, 0.15) is 13.3 Å². The summed E-state index contributed by atoms with van der Waals surface area (Å²) in [5.74, 6) is -0.411. The normalized spacial score (nSPS) is 11.4. The van der Waals surface area contributed by atoms with Gasteiger partial charge in [-0.15, -0.1) is 0 Å². The molecule has 0 aromatic heterocycles. The Hall–Kier alpha value is -1.12. The van der Waals surface area contributed by atoms with E-state index in [-0.39, 0.29) is 13.2 Å². The van der Waals surface area contributed by atoms with E-state index in [1.165, 1.54) is 7.11 Å². The number of hydrogen-bond acceptors (Lipinski definition) is 15. The van der Waals surface area contributed by atoms with Gasteiger partial charge in [0, 0.05) is 0 Å². The Labute approximate surface area is 267 Å². The molecule has 0 bridgehead atoms. The lowest BCUT2D eigenvalue weighted by molar-refractivity contribution is -0.146. The molecule has 45 heavy (non-hydrogen) atoms. The van der Waals surface area contributed by atoms with E-state index in [0.717, 1.165) is 0 Å². The average Bonchev–Trinajstić information content (AvgIpc) is 3.05. The third kappa shape index (κ3) is 40.9. The molecule has 0 aliphatic carbocycles. The lowest BCUT2D eigenvalue weighted by Crippen LogP contribution is -2.16.